The lowest BCUT2D eigenvalue weighted by Gasteiger charge is -2.13. The summed E-state index contributed by atoms with van der Waals surface area (Å²) in [6, 6.07) is 11.1. The molecule has 0 saturated heterocycles. The molecule has 0 unspecified atom stereocenters. The molecule has 2 aliphatic heterocycles. The topological polar surface area (TPSA) is 58.9 Å². The number of aryl methyl sites for hydroxylation is 1. The van der Waals surface area contributed by atoms with Crippen molar-refractivity contribution in [3.05, 3.63) is 65.8 Å². The minimum absolute atomic E-state index is 0.0135. The predicted octanol–water partition coefficient (Wildman–Crippen LogP) is 4.07. The second-order valence-electron chi connectivity index (χ2n) is 5.67. The number of aliphatic hydroxyl groups excluding tert-OH is 1. The van der Waals surface area contributed by atoms with Crippen molar-refractivity contribution in [2.75, 3.05) is 7.11 Å². The molecule has 1 atom stereocenters. The second-order valence-corrected chi connectivity index (χ2v) is 5.67. The van der Waals surface area contributed by atoms with Gasteiger partial charge in [0.15, 0.2) is 11.5 Å². The Kier molecular flexibility index (Phi) is 4.87. The summed E-state index contributed by atoms with van der Waals surface area (Å²) in [6.07, 6.45) is 8.16. The van der Waals surface area contributed by atoms with E-state index in [0.29, 0.717) is 23.7 Å². The highest BCUT2D eigenvalue weighted by Crippen LogP contribution is 2.40. The third kappa shape index (κ3) is 3.78. The Balaban J connectivity index is 2.05. The Bertz CT molecular complexity index is 760. The Hall–Kier alpha value is -2.72. The van der Waals surface area contributed by atoms with E-state index in [4.69, 9.17) is 9.47 Å². The van der Waals surface area contributed by atoms with Gasteiger partial charge >= 0.3 is 0 Å². The van der Waals surface area contributed by atoms with Gasteiger partial charge in [0, 0.05) is 0 Å². The van der Waals surface area contributed by atoms with E-state index in [1.54, 1.807) is 24.3 Å². The minimum Gasteiger partial charge on any atom is -0.504 e. The fourth-order valence-electron chi connectivity index (χ4n) is 2.61. The molecule has 0 spiro atoms. The molecular weight excluding hydrogens is 304 g/mol. The molecule has 2 N–H and O–H groups in total. The third-order valence-electron chi connectivity index (χ3n) is 3.87. The van der Waals surface area contributed by atoms with Crippen molar-refractivity contribution in [2.24, 2.45) is 0 Å². The molecule has 0 fully saturated rings. The van der Waals surface area contributed by atoms with Gasteiger partial charge in [-0.3, -0.25) is 0 Å². The van der Waals surface area contributed by atoms with Gasteiger partial charge < -0.3 is 19.7 Å². The minimum atomic E-state index is -0.490. The van der Waals surface area contributed by atoms with E-state index in [9.17, 15) is 10.2 Å². The van der Waals surface area contributed by atoms with Crippen LogP contribution in [0.5, 0.6) is 23.0 Å². The lowest BCUT2D eigenvalue weighted by Crippen LogP contribution is -2.03. The number of rotatable bonds is 1. The highest BCUT2D eigenvalue weighted by atomic mass is 16.5. The number of phenols is 1. The van der Waals surface area contributed by atoms with Crippen molar-refractivity contribution in [3.63, 3.8) is 0 Å². The van der Waals surface area contributed by atoms with Crippen LogP contribution >= 0.6 is 0 Å². The van der Waals surface area contributed by atoms with Crippen molar-refractivity contribution in [1.29, 1.82) is 0 Å². The Morgan fingerprint density at radius 1 is 1.12 bits per heavy atom. The number of allylic oxidation sites excluding steroid dienone is 2. The van der Waals surface area contributed by atoms with Gasteiger partial charge in [-0.1, -0.05) is 36.4 Å². The van der Waals surface area contributed by atoms with Gasteiger partial charge in [0.05, 0.1) is 13.2 Å². The Morgan fingerprint density at radius 3 is 2.67 bits per heavy atom. The second kappa shape index (κ2) is 7.23. The van der Waals surface area contributed by atoms with E-state index in [2.05, 4.69) is 0 Å². The van der Waals surface area contributed by atoms with Crippen LogP contribution in [0.1, 0.15) is 17.5 Å². The van der Waals surface area contributed by atoms with Crippen LogP contribution in [0.15, 0.2) is 54.6 Å². The Labute approximate surface area is 141 Å². The largest absolute Gasteiger partial charge is 0.504 e. The zero-order valence-electron chi connectivity index (χ0n) is 13.5. The van der Waals surface area contributed by atoms with Gasteiger partial charge in [-0.15, -0.1) is 0 Å². The fraction of sp³-hybridized carbons (Fsp3) is 0.200. The first-order valence-corrected chi connectivity index (χ1v) is 7.86. The third-order valence-corrected chi connectivity index (χ3v) is 3.87. The molecular formula is C20H20O4. The first-order valence-electron chi connectivity index (χ1n) is 7.86. The highest BCUT2D eigenvalue weighted by Gasteiger charge is 2.13. The smallest absolute Gasteiger partial charge is 0.203 e. The van der Waals surface area contributed by atoms with Crippen molar-refractivity contribution >= 4 is 6.08 Å². The summed E-state index contributed by atoms with van der Waals surface area (Å²) >= 11 is 0. The van der Waals surface area contributed by atoms with Gasteiger partial charge in [0.1, 0.15) is 5.75 Å². The Morgan fingerprint density at radius 2 is 1.92 bits per heavy atom. The molecule has 4 rings (SSSR count). The first kappa shape index (κ1) is 16.1. The van der Waals surface area contributed by atoms with E-state index in [1.165, 1.54) is 7.11 Å². The van der Waals surface area contributed by atoms with Crippen LogP contribution in [0.2, 0.25) is 0 Å². The number of aromatic hydroxyl groups is 1. The summed E-state index contributed by atoms with van der Waals surface area (Å²) in [5.74, 6) is 1.42. The van der Waals surface area contributed by atoms with Gasteiger partial charge in [-0.2, -0.15) is 0 Å². The number of ether oxygens (including phenoxy) is 2. The zero-order valence-corrected chi connectivity index (χ0v) is 13.5. The van der Waals surface area contributed by atoms with Crippen molar-refractivity contribution < 1.29 is 19.7 Å². The molecule has 2 aromatic rings. The summed E-state index contributed by atoms with van der Waals surface area (Å²) in [5.41, 5.74) is 1.90. The number of hydrogen-bond donors (Lipinski definition) is 2. The van der Waals surface area contributed by atoms with Crippen LogP contribution in [0.25, 0.3) is 6.08 Å². The highest BCUT2D eigenvalue weighted by molar-refractivity contribution is 5.63. The lowest BCUT2D eigenvalue weighted by atomic mass is 10.1. The SMILES string of the molecule is COc1c(O)cc2cc1Oc1ccc(cc1)CC[C@H](O)/C=C/C=C\2. The molecule has 2 aliphatic rings. The fourth-order valence-corrected chi connectivity index (χ4v) is 2.61. The van der Waals surface area contributed by atoms with Crippen LogP contribution in [0.4, 0.5) is 0 Å². The number of hydrogen-bond acceptors (Lipinski definition) is 4. The molecule has 0 saturated carbocycles. The van der Waals surface area contributed by atoms with Gasteiger partial charge in [0.2, 0.25) is 5.75 Å². The quantitative estimate of drug-likeness (QED) is 0.830. The van der Waals surface area contributed by atoms with E-state index in [1.807, 2.05) is 36.4 Å². The molecule has 0 radical (unpaired) electrons. The normalized spacial score (nSPS) is 19.7. The molecule has 24 heavy (non-hydrogen) atoms. The number of methoxy groups -OCH3 is 1. The molecule has 0 aliphatic carbocycles. The van der Waals surface area contributed by atoms with Crippen molar-refractivity contribution in [2.45, 2.75) is 18.9 Å². The maximum absolute atomic E-state index is 10.2. The number of fused-ring (bicyclic) bond motifs is 6. The van der Waals surface area contributed by atoms with Gasteiger partial charge in [-0.25, -0.2) is 0 Å². The maximum atomic E-state index is 10.2. The average molecular weight is 324 g/mol. The van der Waals surface area contributed by atoms with Crippen LogP contribution in [-0.4, -0.2) is 23.4 Å². The molecule has 0 aromatic heterocycles. The van der Waals surface area contributed by atoms with E-state index >= 15 is 0 Å². The summed E-state index contributed by atoms with van der Waals surface area (Å²) in [7, 11) is 1.49. The van der Waals surface area contributed by atoms with Crippen molar-refractivity contribution in [3.8, 4) is 23.0 Å². The molecule has 2 aromatic carbocycles. The molecule has 4 heteroatoms. The van der Waals surface area contributed by atoms with E-state index in [0.717, 1.165) is 17.5 Å². The van der Waals surface area contributed by atoms with E-state index < -0.39 is 6.10 Å². The van der Waals surface area contributed by atoms with Crippen LogP contribution in [0.3, 0.4) is 0 Å². The average Bonchev–Trinajstić information content (AvgIpc) is 2.58. The number of benzene rings is 2. The zero-order chi connectivity index (χ0) is 16.9. The van der Waals surface area contributed by atoms with Gasteiger partial charge in [-0.05, 0) is 48.2 Å². The van der Waals surface area contributed by atoms with Crippen LogP contribution in [-0.2, 0) is 6.42 Å². The summed E-state index contributed by atoms with van der Waals surface area (Å²) in [5, 5.41) is 20.1. The van der Waals surface area contributed by atoms with Crippen LogP contribution in [0, 0.1) is 0 Å². The monoisotopic (exact) mass is 324 g/mol. The summed E-state index contributed by atoms with van der Waals surface area (Å²) < 4.78 is 11.1. The molecule has 124 valence electrons. The van der Waals surface area contributed by atoms with Crippen LogP contribution < -0.4 is 9.47 Å². The lowest BCUT2D eigenvalue weighted by molar-refractivity contribution is 0.213. The maximum Gasteiger partial charge on any atom is 0.203 e. The summed E-state index contributed by atoms with van der Waals surface area (Å²) in [4.78, 5) is 0. The summed E-state index contributed by atoms with van der Waals surface area (Å²) in [6.45, 7) is 0. The molecule has 4 bridgehead atoms. The van der Waals surface area contributed by atoms with Crippen molar-refractivity contribution in [1.82, 2.24) is 0 Å². The molecule has 4 nitrogen and oxygen atoms in total. The van der Waals surface area contributed by atoms with E-state index in [-0.39, 0.29) is 5.75 Å². The molecule has 0 amide bonds. The van der Waals surface area contributed by atoms with Gasteiger partial charge in [0.25, 0.3) is 0 Å². The number of aliphatic hydroxyl groups is 1. The first-order chi connectivity index (χ1) is 11.7. The predicted molar refractivity (Wildman–Crippen MR) is 93.7 cm³/mol. The number of phenolic OH excluding ortho intramolecular Hbond substituents is 1. The molecule has 2 heterocycles. The standard InChI is InChI=1S/C20H20O4/c1-23-20-18(22)12-15-4-2-3-5-16(21)9-6-14-7-10-17(11-8-14)24-19(20)13-15/h2-5,7-8,10-13,16,21-22H,6,9H2,1H3/b4-2-,5-3+/t16-/m1/s1.